The molecule has 0 fully saturated rings. The number of fused-ring (bicyclic) bond motifs is 1. The van der Waals surface area contributed by atoms with E-state index < -0.39 is 0 Å². The second-order valence-corrected chi connectivity index (χ2v) is 6.19. The SMILES string of the molecule is CCNC(c1cc2cccc(F)c2o1)c1ccc(Cl)s1. The van der Waals surface area contributed by atoms with Crippen molar-refractivity contribution < 1.29 is 8.81 Å². The van der Waals surface area contributed by atoms with Crippen molar-refractivity contribution in [3.05, 3.63) is 57.2 Å². The van der Waals surface area contributed by atoms with Crippen molar-refractivity contribution in [1.29, 1.82) is 0 Å². The van der Waals surface area contributed by atoms with Crippen LogP contribution in [-0.4, -0.2) is 6.54 Å². The van der Waals surface area contributed by atoms with E-state index in [0.717, 1.165) is 21.1 Å². The van der Waals surface area contributed by atoms with Gasteiger partial charge in [0.1, 0.15) is 11.8 Å². The predicted molar refractivity (Wildman–Crippen MR) is 81.0 cm³/mol. The molecule has 1 aromatic carbocycles. The summed E-state index contributed by atoms with van der Waals surface area (Å²) in [6.07, 6.45) is 0. The van der Waals surface area contributed by atoms with Gasteiger partial charge in [0, 0.05) is 10.3 Å². The van der Waals surface area contributed by atoms with Crippen molar-refractivity contribution in [2.45, 2.75) is 13.0 Å². The van der Waals surface area contributed by atoms with Crippen molar-refractivity contribution in [3.8, 4) is 0 Å². The molecule has 1 atom stereocenters. The van der Waals surface area contributed by atoms with Crippen LogP contribution in [0.15, 0.2) is 40.8 Å². The maximum absolute atomic E-state index is 13.7. The molecule has 0 bridgehead atoms. The minimum absolute atomic E-state index is 0.107. The fourth-order valence-electron chi connectivity index (χ4n) is 2.22. The number of para-hydroxylation sites is 1. The predicted octanol–water partition coefficient (Wildman–Crippen LogP) is 4.99. The van der Waals surface area contributed by atoms with E-state index in [1.165, 1.54) is 17.4 Å². The third kappa shape index (κ3) is 2.46. The van der Waals surface area contributed by atoms with Crippen LogP contribution in [0.5, 0.6) is 0 Å². The van der Waals surface area contributed by atoms with Crippen molar-refractivity contribution in [3.63, 3.8) is 0 Å². The Hall–Kier alpha value is -1.36. The van der Waals surface area contributed by atoms with E-state index in [1.54, 1.807) is 6.07 Å². The minimum atomic E-state index is -0.340. The molecule has 0 aliphatic heterocycles. The molecular weight excluding hydrogens is 297 g/mol. The van der Waals surface area contributed by atoms with Crippen LogP contribution >= 0.6 is 22.9 Å². The number of nitrogens with one attached hydrogen (secondary N) is 1. The summed E-state index contributed by atoms with van der Waals surface area (Å²) >= 11 is 7.49. The largest absolute Gasteiger partial charge is 0.456 e. The van der Waals surface area contributed by atoms with Gasteiger partial charge in [-0.1, -0.05) is 30.7 Å². The first-order valence-electron chi connectivity index (χ1n) is 6.35. The Morgan fingerprint density at radius 2 is 2.20 bits per heavy atom. The highest BCUT2D eigenvalue weighted by atomic mass is 35.5. The first-order chi connectivity index (χ1) is 9.69. The molecule has 5 heteroatoms. The number of halogens is 2. The Morgan fingerprint density at radius 1 is 1.35 bits per heavy atom. The minimum Gasteiger partial charge on any atom is -0.456 e. The molecule has 0 aliphatic rings. The molecule has 3 rings (SSSR count). The number of hydrogen-bond acceptors (Lipinski definition) is 3. The normalized spacial score (nSPS) is 12.9. The average Bonchev–Trinajstić information content (AvgIpc) is 3.03. The van der Waals surface area contributed by atoms with Crippen LogP contribution in [0.4, 0.5) is 4.39 Å². The number of thiophene rings is 1. The smallest absolute Gasteiger partial charge is 0.169 e. The zero-order valence-corrected chi connectivity index (χ0v) is 12.4. The molecule has 0 saturated heterocycles. The van der Waals surface area contributed by atoms with E-state index in [-0.39, 0.29) is 11.9 Å². The van der Waals surface area contributed by atoms with Crippen LogP contribution in [0.1, 0.15) is 23.6 Å². The fraction of sp³-hybridized carbons (Fsp3) is 0.200. The highest BCUT2D eigenvalue weighted by Crippen LogP contribution is 2.34. The molecule has 20 heavy (non-hydrogen) atoms. The molecule has 0 saturated carbocycles. The van der Waals surface area contributed by atoms with Gasteiger partial charge < -0.3 is 9.73 Å². The molecular formula is C15H13ClFNOS. The van der Waals surface area contributed by atoms with Crippen LogP contribution in [0.2, 0.25) is 4.34 Å². The molecule has 0 aliphatic carbocycles. The average molecular weight is 310 g/mol. The molecule has 2 aromatic heterocycles. The second-order valence-electron chi connectivity index (χ2n) is 4.44. The molecule has 0 amide bonds. The summed E-state index contributed by atoms with van der Waals surface area (Å²) in [6, 6.07) is 10.5. The molecule has 3 aromatic rings. The van der Waals surface area contributed by atoms with Crippen LogP contribution in [0.25, 0.3) is 11.0 Å². The zero-order valence-electron chi connectivity index (χ0n) is 10.8. The summed E-state index contributed by atoms with van der Waals surface area (Å²) in [6.45, 7) is 2.80. The van der Waals surface area contributed by atoms with Gasteiger partial charge >= 0.3 is 0 Å². The Kier molecular flexibility index (Phi) is 3.78. The fourth-order valence-corrected chi connectivity index (χ4v) is 3.36. The van der Waals surface area contributed by atoms with E-state index >= 15 is 0 Å². The van der Waals surface area contributed by atoms with Gasteiger partial charge in [0.25, 0.3) is 0 Å². The molecule has 2 nitrogen and oxygen atoms in total. The van der Waals surface area contributed by atoms with Gasteiger partial charge in [0.15, 0.2) is 11.4 Å². The van der Waals surface area contributed by atoms with Crippen LogP contribution in [0.3, 0.4) is 0 Å². The first-order valence-corrected chi connectivity index (χ1v) is 7.55. The Morgan fingerprint density at radius 3 is 2.85 bits per heavy atom. The standard InChI is InChI=1S/C15H13ClFNOS/c1-2-18-14(12-6-7-13(16)20-12)11-8-9-4-3-5-10(17)15(9)19-11/h3-8,14,18H,2H2,1H3. The molecule has 104 valence electrons. The number of benzene rings is 1. The van der Waals surface area contributed by atoms with E-state index in [9.17, 15) is 4.39 Å². The summed E-state index contributed by atoms with van der Waals surface area (Å²) < 4.78 is 20.2. The van der Waals surface area contributed by atoms with E-state index in [4.69, 9.17) is 16.0 Å². The molecule has 2 heterocycles. The second kappa shape index (κ2) is 5.56. The quantitative estimate of drug-likeness (QED) is 0.735. The third-order valence-electron chi connectivity index (χ3n) is 3.09. The molecule has 0 spiro atoms. The zero-order chi connectivity index (χ0) is 14.1. The number of hydrogen-bond donors (Lipinski definition) is 1. The van der Waals surface area contributed by atoms with Gasteiger partial charge in [-0.3, -0.25) is 0 Å². The summed E-state index contributed by atoms with van der Waals surface area (Å²) in [5.74, 6) is 0.360. The van der Waals surface area contributed by atoms with Gasteiger partial charge in [-0.25, -0.2) is 4.39 Å². The van der Waals surface area contributed by atoms with Crippen molar-refractivity contribution >= 4 is 33.9 Å². The highest BCUT2D eigenvalue weighted by molar-refractivity contribution is 7.16. The van der Waals surface area contributed by atoms with Gasteiger partial charge in [0.05, 0.1) is 4.34 Å². The van der Waals surface area contributed by atoms with Crippen LogP contribution in [-0.2, 0) is 0 Å². The van der Waals surface area contributed by atoms with E-state index in [0.29, 0.717) is 11.3 Å². The lowest BCUT2D eigenvalue weighted by atomic mass is 10.1. The molecule has 0 radical (unpaired) electrons. The lowest BCUT2D eigenvalue weighted by molar-refractivity contribution is 0.468. The number of rotatable bonds is 4. The Balaban J connectivity index is 2.07. The van der Waals surface area contributed by atoms with Crippen molar-refractivity contribution in [1.82, 2.24) is 5.32 Å². The molecule has 1 unspecified atom stereocenters. The lowest BCUT2D eigenvalue weighted by Gasteiger charge is -2.13. The van der Waals surface area contributed by atoms with E-state index in [1.807, 2.05) is 31.2 Å². The third-order valence-corrected chi connectivity index (χ3v) is 4.38. The topological polar surface area (TPSA) is 25.2 Å². The Labute approximate surface area is 125 Å². The van der Waals surface area contributed by atoms with Gasteiger partial charge in [-0.2, -0.15) is 0 Å². The van der Waals surface area contributed by atoms with Crippen LogP contribution < -0.4 is 5.32 Å². The van der Waals surface area contributed by atoms with E-state index in [2.05, 4.69) is 5.32 Å². The first kappa shape index (κ1) is 13.6. The summed E-state index contributed by atoms with van der Waals surface area (Å²) in [5.41, 5.74) is 0.299. The van der Waals surface area contributed by atoms with Gasteiger partial charge in [-0.05, 0) is 30.8 Å². The van der Waals surface area contributed by atoms with Crippen LogP contribution in [0, 0.1) is 5.82 Å². The Bertz CT molecular complexity index is 736. The number of furan rings is 1. The van der Waals surface area contributed by atoms with Crippen molar-refractivity contribution in [2.75, 3.05) is 6.54 Å². The van der Waals surface area contributed by atoms with Crippen molar-refractivity contribution in [2.24, 2.45) is 0 Å². The molecule has 1 N–H and O–H groups in total. The maximum Gasteiger partial charge on any atom is 0.169 e. The monoisotopic (exact) mass is 309 g/mol. The highest BCUT2D eigenvalue weighted by Gasteiger charge is 2.20. The maximum atomic E-state index is 13.7. The lowest BCUT2D eigenvalue weighted by Crippen LogP contribution is -2.20. The summed E-state index contributed by atoms with van der Waals surface area (Å²) in [7, 11) is 0. The van der Waals surface area contributed by atoms with Gasteiger partial charge in [0.2, 0.25) is 0 Å². The summed E-state index contributed by atoms with van der Waals surface area (Å²) in [4.78, 5) is 1.05. The van der Waals surface area contributed by atoms with Gasteiger partial charge in [-0.15, -0.1) is 11.3 Å². The summed E-state index contributed by atoms with van der Waals surface area (Å²) in [5, 5.41) is 4.11.